The third-order valence-electron chi connectivity index (χ3n) is 4.16. The SMILES string of the molecule is CCNC(=NCCSc1ccccc1F)NC1CCN(C(=O)OCC)CC1. The van der Waals surface area contributed by atoms with E-state index in [0.29, 0.717) is 36.9 Å². The van der Waals surface area contributed by atoms with Gasteiger partial charge < -0.3 is 20.3 Å². The summed E-state index contributed by atoms with van der Waals surface area (Å²) >= 11 is 1.47. The topological polar surface area (TPSA) is 66.0 Å². The lowest BCUT2D eigenvalue weighted by Crippen LogP contribution is -2.50. The molecule has 0 aromatic heterocycles. The Balaban J connectivity index is 1.77. The first kappa shape index (κ1) is 21.3. The summed E-state index contributed by atoms with van der Waals surface area (Å²) in [6.45, 7) is 6.96. The summed E-state index contributed by atoms with van der Waals surface area (Å²) < 4.78 is 18.7. The van der Waals surface area contributed by atoms with E-state index in [9.17, 15) is 9.18 Å². The number of aliphatic imine (C=N–C) groups is 1. The Morgan fingerprint density at radius 2 is 2.07 bits per heavy atom. The number of hydrogen-bond donors (Lipinski definition) is 2. The summed E-state index contributed by atoms with van der Waals surface area (Å²) in [4.78, 5) is 18.7. The average molecular weight is 397 g/mol. The monoisotopic (exact) mass is 396 g/mol. The molecule has 1 heterocycles. The van der Waals surface area contributed by atoms with Gasteiger partial charge in [-0.2, -0.15) is 0 Å². The van der Waals surface area contributed by atoms with Crippen molar-refractivity contribution in [2.45, 2.75) is 37.6 Å². The van der Waals surface area contributed by atoms with E-state index in [1.807, 2.05) is 19.9 Å². The van der Waals surface area contributed by atoms with Crippen LogP contribution in [0.1, 0.15) is 26.7 Å². The number of thioether (sulfide) groups is 1. The first-order chi connectivity index (χ1) is 13.1. The van der Waals surface area contributed by atoms with Crippen molar-refractivity contribution < 1.29 is 13.9 Å². The van der Waals surface area contributed by atoms with Crippen LogP contribution in [0.15, 0.2) is 34.2 Å². The van der Waals surface area contributed by atoms with Gasteiger partial charge in [0, 0.05) is 36.3 Å². The predicted octanol–water partition coefficient (Wildman–Crippen LogP) is 3.09. The van der Waals surface area contributed by atoms with Crippen LogP contribution in [0.3, 0.4) is 0 Å². The third kappa shape index (κ3) is 7.28. The summed E-state index contributed by atoms with van der Waals surface area (Å²) in [7, 11) is 0. The van der Waals surface area contributed by atoms with Gasteiger partial charge >= 0.3 is 6.09 Å². The molecule has 1 aliphatic heterocycles. The first-order valence-corrected chi connectivity index (χ1v) is 10.5. The van der Waals surface area contributed by atoms with Crippen LogP contribution in [0.5, 0.6) is 0 Å². The highest BCUT2D eigenvalue weighted by molar-refractivity contribution is 7.99. The van der Waals surface area contributed by atoms with Gasteiger partial charge in [-0.15, -0.1) is 11.8 Å². The van der Waals surface area contributed by atoms with Crippen LogP contribution in [-0.2, 0) is 4.74 Å². The lowest BCUT2D eigenvalue weighted by Gasteiger charge is -2.32. The second kappa shape index (κ2) is 11.7. The molecule has 1 aromatic carbocycles. The number of carbonyl (C=O) groups is 1. The van der Waals surface area contributed by atoms with Crippen molar-refractivity contribution in [1.82, 2.24) is 15.5 Å². The van der Waals surface area contributed by atoms with E-state index in [-0.39, 0.29) is 18.0 Å². The van der Waals surface area contributed by atoms with Crippen LogP contribution in [0.2, 0.25) is 0 Å². The Morgan fingerprint density at radius 1 is 1.33 bits per heavy atom. The normalized spacial score (nSPS) is 15.5. The van der Waals surface area contributed by atoms with Crippen LogP contribution in [0.25, 0.3) is 0 Å². The number of piperidine rings is 1. The summed E-state index contributed by atoms with van der Waals surface area (Å²) in [6, 6.07) is 7.05. The number of ether oxygens (including phenoxy) is 1. The molecule has 0 unspecified atom stereocenters. The number of nitrogens with one attached hydrogen (secondary N) is 2. The van der Waals surface area contributed by atoms with Crippen molar-refractivity contribution in [3.8, 4) is 0 Å². The summed E-state index contributed by atoms with van der Waals surface area (Å²) in [5, 5.41) is 6.68. The molecule has 0 spiro atoms. The molecule has 6 nitrogen and oxygen atoms in total. The van der Waals surface area contributed by atoms with Gasteiger partial charge in [-0.1, -0.05) is 12.1 Å². The minimum atomic E-state index is -0.235. The van der Waals surface area contributed by atoms with E-state index in [0.717, 1.165) is 25.3 Å². The van der Waals surface area contributed by atoms with Crippen LogP contribution in [-0.4, -0.2) is 61.5 Å². The highest BCUT2D eigenvalue weighted by atomic mass is 32.2. The van der Waals surface area contributed by atoms with Crippen LogP contribution in [0, 0.1) is 5.82 Å². The fraction of sp³-hybridized carbons (Fsp3) is 0.579. The fourth-order valence-electron chi connectivity index (χ4n) is 2.81. The number of guanidine groups is 1. The number of rotatable bonds is 7. The molecule has 0 saturated carbocycles. The Morgan fingerprint density at radius 3 is 2.74 bits per heavy atom. The molecule has 0 aliphatic carbocycles. The standard InChI is InChI=1S/C19H29FN4O2S/c1-3-21-18(22-11-14-27-17-8-6-5-7-16(17)20)23-15-9-12-24(13-10-15)19(25)26-4-2/h5-8,15H,3-4,9-14H2,1-2H3,(H2,21,22,23). The van der Waals surface area contributed by atoms with Crippen molar-refractivity contribution in [2.24, 2.45) is 4.99 Å². The highest BCUT2D eigenvalue weighted by Crippen LogP contribution is 2.20. The van der Waals surface area contributed by atoms with Crippen LogP contribution < -0.4 is 10.6 Å². The molecule has 1 aliphatic rings. The van der Waals surface area contributed by atoms with E-state index in [1.54, 1.807) is 17.0 Å². The van der Waals surface area contributed by atoms with Crippen LogP contribution in [0.4, 0.5) is 9.18 Å². The smallest absolute Gasteiger partial charge is 0.409 e. The molecule has 0 atom stereocenters. The quantitative estimate of drug-likeness (QED) is 0.321. The number of likely N-dealkylation sites (tertiary alicyclic amines) is 1. The zero-order valence-electron chi connectivity index (χ0n) is 16.0. The third-order valence-corrected chi connectivity index (χ3v) is 5.19. The van der Waals surface area contributed by atoms with Crippen molar-refractivity contribution in [2.75, 3.05) is 38.5 Å². The highest BCUT2D eigenvalue weighted by Gasteiger charge is 2.23. The summed E-state index contributed by atoms with van der Waals surface area (Å²) in [5.74, 6) is 1.28. The van der Waals surface area contributed by atoms with Crippen molar-refractivity contribution in [3.05, 3.63) is 30.1 Å². The molecule has 1 aromatic rings. The molecule has 2 rings (SSSR count). The fourth-order valence-corrected chi connectivity index (χ4v) is 3.59. The Kier molecular flexibility index (Phi) is 9.24. The Labute approximate surface area is 164 Å². The van der Waals surface area contributed by atoms with E-state index < -0.39 is 0 Å². The maximum atomic E-state index is 13.6. The minimum absolute atomic E-state index is 0.190. The zero-order valence-corrected chi connectivity index (χ0v) is 16.9. The van der Waals surface area contributed by atoms with Gasteiger partial charge in [-0.05, 0) is 38.8 Å². The van der Waals surface area contributed by atoms with Gasteiger partial charge in [0.25, 0.3) is 0 Å². The van der Waals surface area contributed by atoms with E-state index >= 15 is 0 Å². The summed E-state index contributed by atoms with van der Waals surface area (Å²) in [5.41, 5.74) is 0. The van der Waals surface area contributed by atoms with E-state index in [1.165, 1.54) is 17.8 Å². The van der Waals surface area contributed by atoms with Gasteiger partial charge in [0.05, 0.1) is 13.2 Å². The van der Waals surface area contributed by atoms with Gasteiger partial charge in [0.15, 0.2) is 5.96 Å². The van der Waals surface area contributed by atoms with Crippen molar-refractivity contribution in [3.63, 3.8) is 0 Å². The largest absolute Gasteiger partial charge is 0.450 e. The lowest BCUT2D eigenvalue weighted by atomic mass is 10.1. The molecule has 0 radical (unpaired) electrons. The van der Waals surface area contributed by atoms with Gasteiger partial charge in [-0.25, -0.2) is 9.18 Å². The molecule has 8 heteroatoms. The first-order valence-electron chi connectivity index (χ1n) is 9.47. The van der Waals surface area contributed by atoms with Gasteiger partial charge in [-0.3, -0.25) is 4.99 Å². The Bertz CT molecular complexity index is 621. The second-order valence-corrected chi connectivity index (χ2v) is 7.28. The second-order valence-electron chi connectivity index (χ2n) is 6.14. The molecule has 1 fully saturated rings. The van der Waals surface area contributed by atoms with Crippen LogP contribution >= 0.6 is 11.8 Å². The lowest BCUT2D eigenvalue weighted by molar-refractivity contribution is 0.0963. The molecule has 27 heavy (non-hydrogen) atoms. The maximum absolute atomic E-state index is 13.6. The van der Waals surface area contributed by atoms with Crippen molar-refractivity contribution in [1.29, 1.82) is 0 Å². The van der Waals surface area contributed by atoms with Gasteiger partial charge in [0.2, 0.25) is 0 Å². The Hall–Kier alpha value is -1.96. The number of carbonyl (C=O) groups excluding carboxylic acids is 1. The number of halogens is 1. The maximum Gasteiger partial charge on any atom is 0.409 e. The molecule has 150 valence electrons. The average Bonchev–Trinajstić information content (AvgIpc) is 2.67. The van der Waals surface area contributed by atoms with E-state index in [4.69, 9.17) is 4.74 Å². The zero-order chi connectivity index (χ0) is 19.5. The molecule has 2 N–H and O–H groups in total. The van der Waals surface area contributed by atoms with E-state index in [2.05, 4.69) is 15.6 Å². The molecule has 0 bridgehead atoms. The number of nitrogens with zero attached hydrogens (tertiary/aromatic N) is 2. The van der Waals surface area contributed by atoms with Crippen molar-refractivity contribution >= 4 is 23.8 Å². The molecule has 1 saturated heterocycles. The molecule has 1 amide bonds. The van der Waals surface area contributed by atoms with Gasteiger partial charge in [0.1, 0.15) is 5.82 Å². The molecular formula is C19H29FN4O2S. The number of amides is 1. The predicted molar refractivity (Wildman–Crippen MR) is 108 cm³/mol. The number of hydrogen-bond acceptors (Lipinski definition) is 4. The summed E-state index contributed by atoms with van der Waals surface area (Å²) in [6.07, 6.45) is 1.47. The molecular weight excluding hydrogens is 367 g/mol. The minimum Gasteiger partial charge on any atom is -0.450 e. The number of benzene rings is 1.